The van der Waals surface area contributed by atoms with Crippen molar-refractivity contribution in [3.8, 4) is 0 Å². The first-order valence-corrected chi connectivity index (χ1v) is 4.87. The van der Waals surface area contributed by atoms with Gasteiger partial charge in [0.15, 0.2) is 0 Å². The highest BCUT2D eigenvalue weighted by Crippen LogP contribution is 2.16. The van der Waals surface area contributed by atoms with E-state index in [1.165, 1.54) is 6.92 Å². The fraction of sp³-hybridized carbons (Fsp3) is 0.800. The summed E-state index contributed by atoms with van der Waals surface area (Å²) < 4.78 is 0. The molecule has 0 saturated carbocycles. The number of carbonyl (C=O) groups is 2. The zero-order valence-electron chi connectivity index (χ0n) is 8.38. The normalized spacial score (nSPS) is 18.8. The summed E-state index contributed by atoms with van der Waals surface area (Å²) in [6, 6.07) is 0. The smallest absolute Gasteiger partial charge is 0.230 e. The monoisotopic (exact) mass is 183 g/mol. The van der Waals surface area contributed by atoms with E-state index in [-0.39, 0.29) is 18.1 Å². The molecule has 0 aromatic carbocycles. The summed E-state index contributed by atoms with van der Waals surface area (Å²) in [5.41, 5.74) is 0. The summed E-state index contributed by atoms with van der Waals surface area (Å²) in [5, 5.41) is 0. The number of piperidine rings is 1. The van der Waals surface area contributed by atoms with Gasteiger partial charge in [-0.05, 0) is 25.7 Å². The van der Waals surface area contributed by atoms with Crippen molar-refractivity contribution >= 4 is 11.7 Å². The Bertz CT molecular complexity index is 205. The largest absolute Gasteiger partial charge is 0.342 e. The third kappa shape index (κ3) is 3.17. The Balaban J connectivity index is 2.36. The van der Waals surface area contributed by atoms with E-state index in [1.54, 1.807) is 4.90 Å². The number of Topliss-reactive ketones (excluding diaryl/α,β-unsaturated/α-hetero) is 1. The standard InChI is InChI=1S/C10H17NO2/c1-8-3-5-11(6-4-8)10(13)7-9(2)12/h8H,3-7H2,1-2H3. The minimum Gasteiger partial charge on any atom is -0.342 e. The average Bonchev–Trinajstić information content (AvgIpc) is 2.04. The number of amides is 1. The van der Waals surface area contributed by atoms with Gasteiger partial charge < -0.3 is 4.90 Å². The van der Waals surface area contributed by atoms with Crippen LogP contribution in [-0.4, -0.2) is 29.7 Å². The number of carbonyl (C=O) groups excluding carboxylic acids is 2. The van der Waals surface area contributed by atoms with Gasteiger partial charge in [0.1, 0.15) is 5.78 Å². The van der Waals surface area contributed by atoms with Crippen LogP contribution in [0.5, 0.6) is 0 Å². The molecule has 0 spiro atoms. The van der Waals surface area contributed by atoms with Crippen LogP contribution < -0.4 is 0 Å². The van der Waals surface area contributed by atoms with Crippen LogP contribution in [0.25, 0.3) is 0 Å². The molecule has 1 heterocycles. The Kier molecular flexibility index (Phi) is 3.46. The number of ketones is 1. The molecule has 1 fully saturated rings. The van der Waals surface area contributed by atoms with Gasteiger partial charge in [-0.1, -0.05) is 6.92 Å². The molecule has 0 aromatic heterocycles. The molecular weight excluding hydrogens is 166 g/mol. The maximum Gasteiger partial charge on any atom is 0.230 e. The van der Waals surface area contributed by atoms with Crippen LogP contribution >= 0.6 is 0 Å². The predicted octanol–water partition coefficient (Wildman–Crippen LogP) is 1.22. The van der Waals surface area contributed by atoms with Crippen LogP contribution in [0.15, 0.2) is 0 Å². The van der Waals surface area contributed by atoms with Gasteiger partial charge in [0, 0.05) is 13.1 Å². The molecule has 1 saturated heterocycles. The van der Waals surface area contributed by atoms with E-state index in [0.29, 0.717) is 0 Å². The quantitative estimate of drug-likeness (QED) is 0.604. The number of rotatable bonds is 2. The maximum atomic E-state index is 11.4. The SMILES string of the molecule is CC(=O)CC(=O)N1CCC(C)CC1. The second-order valence-electron chi connectivity index (χ2n) is 3.94. The van der Waals surface area contributed by atoms with Gasteiger partial charge in [-0.3, -0.25) is 9.59 Å². The Hall–Kier alpha value is -0.860. The third-order valence-corrected chi connectivity index (χ3v) is 2.54. The molecule has 1 amide bonds. The molecule has 0 N–H and O–H groups in total. The van der Waals surface area contributed by atoms with E-state index in [4.69, 9.17) is 0 Å². The molecule has 0 bridgehead atoms. The van der Waals surface area contributed by atoms with Gasteiger partial charge in [0.05, 0.1) is 6.42 Å². The van der Waals surface area contributed by atoms with E-state index in [1.807, 2.05) is 0 Å². The average molecular weight is 183 g/mol. The van der Waals surface area contributed by atoms with Crippen molar-refractivity contribution in [1.29, 1.82) is 0 Å². The molecular formula is C10H17NO2. The van der Waals surface area contributed by atoms with Gasteiger partial charge in [-0.25, -0.2) is 0 Å². The van der Waals surface area contributed by atoms with Crippen molar-refractivity contribution < 1.29 is 9.59 Å². The van der Waals surface area contributed by atoms with E-state index < -0.39 is 0 Å². The second kappa shape index (κ2) is 4.40. The summed E-state index contributed by atoms with van der Waals surface area (Å²) in [7, 11) is 0. The van der Waals surface area contributed by atoms with Gasteiger partial charge >= 0.3 is 0 Å². The first-order valence-electron chi connectivity index (χ1n) is 4.87. The van der Waals surface area contributed by atoms with Crippen LogP contribution in [0, 0.1) is 5.92 Å². The van der Waals surface area contributed by atoms with Crippen LogP contribution in [0.2, 0.25) is 0 Å². The molecule has 3 heteroatoms. The molecule has 1 aliphatic heterocycles. The summed E-state index contributed by atoms with van der Waals surface area (Å²) in [4.78, 5) is 23.9. The van der Waals surface area contributed by atoms with E-state index in [9.17, 15) is 9.59 Å². The maximum absolute atomic E-state index is 11.4. The van der Waals surface area contributed by atoms with Gasteiger partial charge in [0.2, 0.25) is 5.91 Å². The lowest BCUT2D eigenvalue weighted by molar-refractivity contribution is -0.135. The van der Waals surface area contributed by atoms with Crippen LogP contribution in [0.3, 0.4) is 0 Å². The molecule has 0 aliphatic carbocycles. The Morgan fingerprint density at radius 2 is 1.85 bits per heavy atom. The summed E-state index contributed by atoms with van der Waals surface area (Å²) in [6.07, 6.45) is 2.22. The highest BCUT2D eigenvalue weighted by molar-refractivity contribution is 5.96. The number of hydrogen-bond donors (Lipinski definition) is 0. The fourth-order valence-corrected chi connectivity index (χ4v) is 1.58. The second-order valence-corrected chi connectivity index (χ2v) is 3.94. The van der Waals surface area contributed by atoms with Gasteiger partial charge in [0.25, 0.3) is 0 Å². The minimum atomic E-state index is -0.0383. The first kappa shape index (κ1) is 10.2. The van der Waals surface area contributed by atoms with Crippen LogP contribution in [-0.2, 0) is 9.59 Å². The molecule has 1 rings (SSSR count). The van der Waals surface area contributed by atoms with Crippen molar-refractivity contribution in [3.63, 3.8) is 0 Å². The van der Waals surface area contributed by atoms with Crippen molar-refractivity contribution in [2.75, 3.05) is 13.1 Å². The minimum absolute atomic E-state index is 0.000556. The van der Waals surface area contributed by atoms with E-state index >= 15 is 0 Å². The summed E-state index contributed by atoms with van der Waals surface area (Å²) in [5.74, 6) is 0.685. The van der Waals surface area contributed by atoms with Crippen molar-refractivity contribution in [2.45, 2.75) is 33.1 Å². The van der Waals surface area contributed by atoms with Crippen molar-refractivity contribution in [3.05, 3.63) is 0 Å². The zero-order chi connectivity index (χ0) is 9.84. The highest BCUT2D eigenvalue weighted by atomic mass is 16.2. The molecule has 0 unspecified atom stereocenters. The van der Waals surface area contributed by atoms with Crippen molar-refractivity contribution in [2.24, 2.45) is 5.92 Å². The lowest BCUT2D eigenvalue weighted by Crippen LogP contribution is -2.38. The zero-order valence-corrected chi connectivity index (χ0v) is 8.38. The molecule has 0 aromatic rings. The lowest BCUT2D eigenvalue weighted by atomic mass is 9.99. The Morgan fingerprint density at radius 1 is 1.31 bits per heavy atom. The Labute approximate surface area is 79.1 Å². The van der Waals surface area contributed by atoms with Crippen LogP contribution in [0.1, 0.15) is 33.1 Å². The Morgan fingerprint density at radius 3 is 2.31 bits per heavy atom. The predicted molar refractivity (Wildman–Crippen MR) is 50.3 cm³/mol. The first-order chi connectivity index (χ1) is 6.09. The van der Waals surface area contributed by atoms with Gasteiger partial charge in [-0.15, -0.1) is 0 Å². The van der Waals surface area contributed by atoms with Gasteiger partial charge in [-0.2, -0.15) is 0 Å². The van der Waals surface area contributed by atoms with Crippen LogP contribution in [0.4, 0.5) is 0 Å². The number of nitrogens with zero attached hydrogens (tertiary/aromatic N) is 1. The van der Waals surface area contributed by atoms with E-state index in [0.717, 1.165) is 31.8 Å². The molecule has 1 aliphatic rings. The van der Waals surface area contributed by atoms with E-state index in [2.05, 4.69) is 6.92 Å². The number of hydrogen-bond acceptors (Lipinski definition) is 2. The topological polar surface area (TPSA) is 37.4 Å². The summed E-state index contributed by atoms with van der Waals surface area (Å²) in [6.45, 7) is 5.32. The lowest BCUT2D eigenvalue weighted by Gasteiger charge is -2.30. The molecule has 0 atom stereocenters. The summed E-state index contributed by atoms with van der Waals surface area (Å²) >= 11 is 0. The highest BCUT2D eigenvalue weighted by Gasteiger charge is 2.20. The number of likely N-dealkylation sites (tertiary alicyclic amines) is 1. The van der Waals surface area contributed by atoms with Crippen molar-refractivity contribution in [1.82, 2.24) is 4.90 Å². The fourth-order valence-electron chi connectivity index (χ4n) is 1.58. The third-order valence-electron chi connectivity index (χ3n) is 2.54. The molecule has 0 radical (unpaired) electrons. The molecule has 13 heavy (non-hydrogen) atoms. The molecule has 3 nitrogen and oxygen atoms in total. The molecule has 74 valence electrons.